The number of carbonyl (C=O) groups is 1. The highest BCUT2D eigenvalue weighted by Gasteiger charge is 2.67. The highest BCUT2D eigenvalue weighted by atomic mass is 19.4. The fourth-order valence-corrected chi connectivity index (χ4v) is 1.19. The van der Waals surface area contributed by atoms with E-state index in [-0.39, 0.29) is 19.1 Å². The predicted octanol–water partition coefficient (Wildman–Crippen LogP) is 1.67. The molecule has 0 amide bonds. The lowest BCUT2D eigenvalue weighted by molar-refractivity contribution is -0.196. The third-order valence-electron chi connectivity index (χ3n) is 2.22. The molecule has 12 heavy (non-hydrogen) atoms. The van der Waals surface area contributed by atoms with Gasteiger partial charge >= 0.3 is 6.18 Å². The zero-order valence-electron chi connectivity index (χ0n) is 6.06. The Balaban J connectivity index is 2.87. The summed E-state index contributed by atoms with van der Waals surface area (Å²) < 4.78 is 36.6. The van der Waals surface area contributed by atoms with Crippen LogP contribution >= 0.6 is 0 Å². The molecule has 66 valence electrons. The van der Waals surface area contributed by atoms with Gasteiger partial charge < -0.3 is 4.79 Å². The molecule has 1 atom stereocenters. The average molecular weight is 177 g/mol. The van der Waals surface area contributed by atoms with Gasteiger partial charge in [0.1, 0.15) is 12.2 Å². The van der Waals surface area contributed by atoms with Gasteiger partial charge in [-0.2, -0.15) is 18.4 Å². The maximum Gasteiger partial charge on any atom is 0.396 e. The van der Waals surface area contributed by atoms with Crippen molar-refractivity contribution in [2.24, 2.45) is 11.3 Å². The molecule has 5 heteroatoms. The first kappa shape index (κ1) is 9.04. The molecule has 0 N–H and O–H groups in total. The molecule has 1 unspecified atom stereocenters. The highest BCUT2D eigenvalue weighted by molar-refractivity contribution is 5.60. The number of nitriles is 1. The van der Waals surface area contributed by atoms with Crippen LogP contribution in [0.2, 0.25) is 0 Å². The number of hydrogen-bond donors (Lipinski definition) is 0. The van der Waals surface area contributed by atoms with Crippen LogP contribution in [0.5, 0.6) is 0 Å². The maximum absolute atomic E-state index is 12.2. The summed E-state index contributed by atoms with van der Waals surface area (Å²) in [4.78, 5) is 10.1. The molecule has 0 aromatic carbocycles. The number of rotatable bonds is 2. The number of nitrogens with zero attached hydrogens (tertiary/aromatic N) is 1. The van der Waals surface area contributed by atoms with Crippen LogP contribution in [0, 0.1) is 22.7 Å². The van der Waals surface area contributed by atoms with Crippen LogP contribution in [-0.2, 0) is 4.79 Å². The molecule has 0 heterocycles. The van der Waals surface area contributed by atoms with E-state index in [1.54, 1.807) is 0 Å². The smallest absolute Gasteiger partial charge is 0.302 e. The molecule has 0 radical (unpaired) electrons. The summed E-state index contributed by atoms with van der Waals surface area (Å²) in [5.74, 6) is -1.53. The molecule has 1 aliphatic rings. The van der Waals surface area contributed by atoms with Crippen LogP contribution in [-0.4, -0.2) is 12.5 Å². The van der Waals surface area contributed by atoms with E-state index in [9.17, 15) is 18.0 Å². The lowest BCUT2D eigenvalue weighted by atomic mass is 9.91. The molecule has 1 saturated carbocycles. The van der Waals surface area contributed by atoms with Crippen LogP contribution in [0.1, 0.15) is 12.8 Å². The summed E-state index contributed by atoms with van der Waals surface area (Å²) >= 11 is 0. The number of alkyl halides is 3. The van der Waals surface area contributed by atoms with E-state index in [0.29, 0.717) is 0 Å². The van der Waals surface area contributed by atoms with Crippen LogP contribution in [0.3, 0.4) is 0 Å². The van der Waals surface area contributed by atoms with Crippen molar-refractivity contribution in [3.8, 4) is 6.07 Å². The predicted molar refractivity (Wildman–Crippen MR) is 32.9 cm³/mol. The van der Waals surface area contributed by atoms with Crippen molar-refractivity contribution in [1.82, 2.24) is 0 Å². The summed E-state index contributed by atoms with van der Waals surface area (Å²) in [7, 11) is 0. The molecule has 1 rings (SSSR count). The zero-order chi connectivity index (χ0) is 9.41. The van der Waals surface area contributed by atoms with Gasteiger partial charge in [-0.1, -0.05) is 0 Å². The second-order valence-electron chi connectivity index (χ2n) is 2.90. The van der Waals surface area contributed by atoms with E-state index in [1.165, 1.54) is 6.07 Å². The van der Waals surface area contributed by atoms with E-state index in [0.717, 1.165) is 0 Å². The van der Waals surface area contributed by atoms with Crippen molar-refractivity contribution in [2.45, 2.75) is 19.0 Å². The number of hydrogen-bond acceptors (Lipinski definition) is 2. The Morgan fingerprint density at radius 2 is 2.00 bits per heavy atom. The van der Waals surface area contributed by atoms with Gasteiger partial charge in [0.25, 0.3) is 0 Å². The third-order valence-corrected chi connectivity index (χ3v) is 2.22. The van der Waals surface area contributed by atoms with Gasteiger partial charge in [-0.3, -0.25) is 0 Å². The Kier molecular flexibility index (Phi) is 1.86. The molecule has 0 aromatic rings. The van der Waals surface area contributed by atoms with Gasteiger partial charge in [0.15, 0.2) is 0 Å². The highest BCUT2D eigenvalue weighted by Crippen LogP contribution is 2.61. The summed E-state index contributed by atoms with van der Waals surface area (Å²) in [6.45, 7) is 0. The fourth-order valence-electron chi connectivity index (χ4n) is 1.19. The summed E-state index contributed by atoms with van der Waals surface area (Å²) in [5, 5.41) is 8.28. The lowest BCUT2D eigenvalue weighted by Gasteiger charge is -2.19. The van der Waals surface area contributed by atoms with Crippen LogP contribution in [0.25, 0.3) is 0 Å². The Bertz CT molecular complexity index is 236. The van der Waals surface area contributed by atoms with Crippen molar-refractivity contribution in [3.05, 3.63) is 0 Å². The van der Waals surface area contributed by atoms with E-state index in [1.807, 2.05) is 0 Å². The van der Waals surface area contributed by atoms with E-state index < -0.39 is 17.5 Å². The first-order valence-corrected chi connectivity index (χ1v) is 3.39. The Hall–Kier alpha value is -1.05. The van der Waals surface area contributed by atoms with Crippen molar-refractivity contribution < 1.29 is 18.0 Å². The van der Waals surface area contributed by atoms with Gasteiger partial charge in [0.2, 0.25) is 0 Å². The minimum atomic E-state index is -4.42. The van der Waals surface area contributed by atoms with Crippen molar-refractivity contribution in [3.63, 3.8) is 0 Å². The van der Waals surface area contributed by atoms with Gasteiger partial charge in [-0.05, 0) is 12.8 Å². The first-order valence-electron chi connectivity index (χ1n) is 3.39. The molecule has 0 saturated heterocycles. The number of carbonyl (C=O) groups excluding carboxylic acids is 1. The van der Waals surface area contributed by atoms with Crippen molar-refractivity contribution in [1.29, 1.82) is 5.26 Å². The summed E-state index contributed by atoms with van der Waals surface area (Å²) in [5.41, 5.74) is -2.02. The minimum absolute atomic E-state index is 0.0838. The molecule has 0 aliphatic heterocycles. The zero-order valence-corrected chi connectivity index (χ0v) is 6.06. The summed E-state index contributed by atoms with van der Waals surface area (Å²) in [6.07, 6.45) is -4.55. The Morgan fingerprint density at radius 1 is 1.50 bits per heavy atom. The van der Waals surface area contributed by atoms with Crippen LogP contribution < -0.4 is 0 Å². The number of aldehydes is 1. The van der Waals surface area contributed by atoms with E-state index in [4.69, 9.17) is 5.26 Å². The van der Waals surface area contributed by atoms with Crippen molar-refractivity contribution in [2.75, 3.05) is 0 Å². The second-order valence-corrected chi connectivity index (χ2v) is 2.90. The molecule has 1 aliphatic carbocycles. The maximum atomic E-state index is 12.2. The first-order chi connectivity index (χ1) is 5.48. The lowest BCUT2D eigenvalue weighted by Crippen LogP contribution is -2.32. The van der Waals surface area contributed by atoms with E-state index in [2.05, 4.69) is 0 Å². The van der Waals surface area contributed by atoms with Crippen molar-refractivity contribution >= 4 is 6.29 Å². The van der Waals surface area contributed by atoms with Gasteiger partial charge in [-0.15, -0.1) is 0 Å². The molecule has 0 aromatic heterocycles. The molecular weight excluding hydrogens is 171 g/mol. The Labute approximate surface area is 67.0 Å². The van der Waals surface area contributed by atoms with E-state index >= 15 is 0 Å². The fraction of sp³-hybridized carbons (Fsp3) is 0.714. The van der Waals surface area contributed by atoms with Crippen LogP contribution in [0.4, 0.5) is 13.2 Å². The summed E-state index contributed by atoms with van der Waals surface area (Å²) in [6, 6.07) is 1.37. The largest absolute Gasteiger partial charge is 0.396 e. The quantitative estimate of drug-likeness (QED) is 0.602. The topological polar surface area (TPSA) is 40.9 Å². The van der Waals surface area contributed by atoms with Crippen LogP contribution in [0.15, 0.2) is 0 Å². The minimum Gasteiger partial charge on any atom is -0.302 e. The molecule has 2 nitrogen and oxygen atoms in total. The second kappa shape index (κ2) is 2.47. The van der Waals surface area contributed by atoms with Gasteiger partial charge in [-0.25, -0.2) is 0 Å². The molecular formula is C7H6F3NO. The number of halogens is 3. The normalized spacial score (nSPS) is 22.5. The Morgan fingerprint density at radius 3 is 2.08 bits per heavy atom. The molecule has 1 fully saturated rings. The molecule has 0 spiro atoms. The van der Waals surface area contributed by atoms with Gasteiger partial charge in [0, 0.05) is 0 Å². The standard InChI is InChI=1S/C7H6F3NO/c8-7(9,10)6(1-2-6)5(3-11)4-12/h4-5H,1-2H2. The SMILES string of the molecule is N#CC(C=O)C1(C(F)(F)F)CC1. The third kappa shape index (κ3) is 1.07. The molecule has 0 bridgehead atoms. The average Bonchev–Trinajstić information content (AvgIpc) is 2.69. The monoisotopic (exact) mass is 177 g/mol. The van der Waals surface area contributed by atoms with Gasteiger partial charge in [0.05, 0.1) is 11.5 Å².